The summed E-state index contributed by atoms with van der Waals surface area (Å²) in [5.74, 6) is 1.43. The van der Waals surface area contributed by atoms with Crippen LogP contribution in [0.2, 0.25) is 0 Å². The average Bonchev–Trinajstić information content (AvgIpc) is 3.55. The van der Waals surface area contributed by atoms with Crippen LogP contribution in [0, 0.1) is 0 Å². The first-order valence-corrected chi connectivity index (χ1v) is 12.5. The van der Waals surface area contributed by atoms with E-state index in [-0.39, 0.29) is 17.9 Å². The van der Waals surface area contributed by atoms with E-state index in [2.05, 4.69) is 10.1 Å². The van der Waals surface area contributed by atoms with Gasteiger partial charge in [-0.15, -0.1) is 0 Å². The quantitative estimate of drug-likeness (QED) is 0.300. The molecule has 5 aromatic rings. The fraction of sp³-hybridized carbons (Fsp3) is 0.200. The van der Waals surface area contributed by atoms with Crippen molar-refractivity contribution in [2.24, 2.45) is 0 Å². The number of anilines is 1. The van der Waals surface area contributed by atoms with Crippen molar-refractivity contribution in [3.05, 3.63) is 88.0 Å². The highest BCUT2D eigenvalue weighted by molar-refractivity contribution is 6.27. The van der Waals surface area contributed by atoms with Crippen LogP contribution < -0.4 is 19.9 Å². The molecule has 0 atom stereocenters. The molecule has 1 aliphatic carbocycles. The summed E-state index contributed by atoms with van der Waals surface area (Å²) in [6, 6.07) is 18.6. The minimum atomic E-state index is -0.289. The third-order valence-corrected chi connectivity index (χ3v) is 7.09. The summed E-state index contributed by atoms with van der Waals surface area (Å²) in [5.41, 5.74) is 3.94. The van der Waals surface area contributed by atoms with Crippen LogP contribution in [-0.4, -0.2) is 48.8 Å². The average molecular weight is 523 g/mol. The molecular weight excluding hydrogens is 496 g/mol. The molecule has 3 aromatic carbocycles. The number of ketones is 1. The molecule has 0 saturated carbocycles. The number of benzene rings is 3. The highest BCUT2D eigenvalue weighted by atomic mass is 16.5. The molecule has 1 aliphatic rings. The standard InChI is InChI=1S/C30H26N4O5/c1-33(2)18-11-9-17(10-12-18)29-31-23(39-32-29)15-16-34-26-19-7-5-6-8-20(19)27(35)24(26)21-13-14-22(37-3)28(38-4)25(21)30(34)36/h5-14H,15-16H2,1-4H3. The van der Waals surface area contributed by atoms with Crippen molar-refractivity contribution in [2.75, 3.05) is 33.2 Å². The predicted octanol–water partition coefficient (Wildman–Crippen LogP) is 4.59. The van der Waals surface area contributed by atoms with Crippen molar-refractivity contribution < 1.29 is 18.8 Å². The van der Waals surface area contributed by atoms with Crippen LogP contribution in [0.25, 0.3) is 33.4 Å². The van der Waals surface area contributed by atoms with Crippen molar-refractivity contribution in [2.45, 2.75) is 13.0 Å². The molecule has 2 aromatic heterocycles. The molecule has 0 spiro atoms. The Hall–Kier alpha value is -4.92. The summed E-state index contributed by atoms with van der Waals surface area (Å²) < 4.78 is 18.2. The third kappa shape index (κ3) is 3.85. The van der Waals surface area contributed by atoms with Crippen LogP contribution in [0.5, 0.6) is 11.5 Å². The summed E-state index contributed by atoms with van der Waals surface area (Å²) >= 11 is 0. The van der Waals surface area contributed by atoms with Gasteiger partial charge in [-0.1, -0.05) is 29.4 Å². The van der Waals surface area contributed by atoms with E-state index in [1.165, 1.54) is 14.2 Å². The molecule has 0 bridgehead atoms. The highest BCUT2D eigenvalue weighted by Gasteiger charge is 2.34. The van der Waals surface area contributed by atoms with Crippen LogP contribution >= 0.6 is 0 Å². The smallest absolute Gasteiger partial charge is 0.262 e. The topological polar surface area (TPSA) is 99.7 Å². The number of carbonyl (C=O) groups excluding carboxylic acids is 1. The van der Waals surface area contributed by atoms with Gasteiger partial charge in [0.05, 0.1) is 30.9 Å². The lowest BCUT2D eigenvalue weighted by atomic mass is 10.0. The summed E-state index contributed by atoms with van der Waals surface area (Å²) in [6.07, 6.45) is 0.295. The van der Waals surface area contributed by atoms with Gasteiger partial charge in [-0.05, 0) is 36.4 Å². The Morgan fingerprint density at radius 3 is 2.36 bits per heavy atom. The highest BCUT2D eigenvalue weighted by Crippen LogP contribution is 2.43. The van der Waals surface area contributed by atoms with Crippen LogP contribution in [-0.2, 0) is 13.0 Å². The first-order valence-electron chi connectivity index (χ1n) is 12.5. The zero-order chi connectivity index (χ0) is 27.3. The molecule has 9 nitrogen and oxygen atoms in total. The zero-order valence-electron chi connectivity index (χ0n) is 22.0. The molecule has 0 radical (unpaired) electrons. The molecule has 0 amide bonds. The maximum Gasteiger partial charge on any atom is 0.262 e. The zero-order valence-corrected chi connectivity index (χ0v) is 22.0. The van der Waals surface area contributed by atoms with Crippen molar-refractivity contribution in [3.8, 4) is 34.1 Å². The Bertz CT molecular complexity index is 1800. The summed E-state index contributed by atoms with van der Waals surface area (Å²) in [4.78, 5) is 34.2. The Kier molecular flexibility index (Phi) is 5.91. The summed E-state index contributed by atoms with van der Waals surface area (Å²) in [5, 5.41) is 4.97. The Labute approximate surface area is 224 Å². The number of hydrogen-bond acceptors (Lipinski definition) is 8. The predicted molar refractivity (Wildman–Crippen MR) is 148 cm³/mol. The number of carbonyl (C=O) groups is 1. The molecule has 6 rings (SSSR count). The molecule has 0 aliphatic heterocycles. The van der Waals surface area contributed by atoms with Gasteiger partial charge >= 0.3 is 0 Å². The van der Waals surface area contributed by atoms with Gasteiger partial charge in [0.25, 0.3) is 5.56 Å². The SMILES string of the molecule is COc1ccc2c3c(n(CCc4nc(-c5ccc(N(C)C)cc5)no4)c(=O)c2c1OC)-c1ccccc1C3=O. The number of ether oxygens (including phenoxy) is 2. The first kappa shape index (κ1) is 24.4. The first-order chi connectivity index (χ1) is 18.9. The maximum absolute atomic E-state index is 14.0. The number of aromatic nitrogens is 3. The number of rotatable bonds is 7. The van der Waals surface area contributed by atoms with Gasteiger partial charge < -0.3 is 23.5 Å². The molecule has 0 fully saturated rings. The molecule has 0 N–H and O–H groups in total. The minimum absolute atomic E-state index is 0.132. The van der Waals surface area contributed by atoms with E-state index in [1.54, 1.807) is 22.8 Å². The van der Waals surface area contributed by atoms with E-state index in [0.717, 1.165) is 16.8 Å². The molecule has 9 heteroatoms. The van der Waals surface area contributed by atoms with Crippen molar-refractivity contribution in [3.63, 3.8) is 0 Å². The number of methoxy groups -OCH3 is 2. The molecule has 0 saturated heterocycles. The number of hydrogen-bond donors (Lipinski definition) is 0. The number of aryl methyl sites for hydroxylation is 1. The summed E-state index contributed by atoms with van der Waals surface area (Å²) in [6.45, 7) is 0.223. The van der Waals surface area contributed by atoms with E-state index >= 15 is 0 Å². The maximum atomic E-state index is 14.0. The van der Waals surface area contributed by atoms with Crippen LogP contribution in [0.3, 0.4) is 0 Å². The molecule has 2 heterocycles. The second kappa shape index (κ2) is 9.43. The second-order valence-electron chi connectivity index (χ2n) is 9.48. The molecule has 39 heavy (non-hydrogen) atoms. The van der Waals surface area contributed by atoms with E-state index in [4.69, 9.17) is 14.0 Å². The second-order valence-corrected chi connectivity index (χ2v) is 9.48. The molecule has 196 valence electrons. The van der Waals surface area contributed by atoms with E-state index in [1.807, 2.05) is 61.5 Å². The lowest BCUT2D eigenvalue weighted by Crippen LogP contribution is -2.25. The lowest BCUT2D eigenvalue weighted by molar-refractivity contribution is 0.104. The number of nitrogens with zero attached hydrogens (tertiary/aromatic N) is 4. The normalized spacial score (nSPS) is 11.9. The monoisotopic (exact) mass is 522 g/mol. The summed E-state index contributed by atoms with van der Waals surface area (Å²) in [7, 11) is 6.95. The Morgan fingerprint density at radius 2 is 1.67 bits per heavy atom. The third-order valence-electron chi connectivity index (χ3n) is 7.09. The van der Waals surface area contributed by atoms with Crippen molar-refractivity contribution in [1.82, 2.24) is 14.7 Å². The Balaban J connectivity index is 1.45. The molecular formula is C30H26N4O5. The van der Waals surface area contributed by atoms with Gasteiger partial charge in [-0.3, -0.25) is 9.59 Å². The van der Waals surface area contributed by atoms with E-state index in [9.17, 15) is 9.59 Å². The Morgan fingerprint density at radius 1 is 0.923 bits per heavy atom. The van der Waals surface area contributed by atoms with Crippen LogP contribution in [0.1, 0.15) is 21.8 Å². The fourth-order valence-electron chi connectivity index (χ4n) is 5.18. The number of fused-ring (bicyclic) bond motifs is 5. The fourth-order valence-corrected chi connectivity index (χ4v) is 5.18. The van der Waals surface area contributed by atoms with Gasteiger partial charge in [0, 0.05) is 54.8 Å². The minimum Gasteiger partial charge on any atom is -0.493 e. The number of pyridine rings is 1. The van der Waals surface area contributed by atoms with E-state index < -0.39 is 0 Å². The van der Waals surface area contributed by atoms with Crippen molar-refractivity contribution in [1.29, 1.82) is 0 Å². The van der Waals surface area contributed by atoms with Gasteiger partial charge in [0.15, 0.2) is 17.3 Å². The van der Waals surface area contributed by atoms with Gasteiger partial charge in [-0.25, -0.2) is 0 Å². The largest absolute Gasteiger partial charge is 0.493 e. The van der Waals surface area contributed by atoms with Crippen molar-refractivity contribution >= 4 is 22.2 Å². The lowest BCUT2D eigenvalue weighted by Gasteiger charge is -2.17. The van der Waals surface area contributed by atoms with E-state index in [0.29, 0.717) is 57.2 Å². The van der Waals surface area contributed by atoms with Gasteiger partial charge in [-0.2, -0.15) is 4.98 Å². The van der Waals surface area contributed by atoms with Gasteiger partial charge in [0.2, 0.25) is 11.7 Å². The van der Waals surface area contributed by atoms with Gasteiger partial charge in [0.1, 0.15) is 0 Å². The molecule has 0 unspecified atom stereocenters. The van der Waals surface area contributed by atoms with Crippen LogP contribution in [0.4, 0.5) is 5.69 Å². The van der Waals surface area contributed by atoms with Crippen LogP contribution in [0.15, 0.2) is 70.0 Å².